The standard InChI is InChI=1S/C24H21FN4O3S/c1-28-23(31)18-12-16(6-8-20(18)29-11-10-26-24(28)29)27-22(30)21-9-7-17(32-21)14-33-13-15-4-2-3-5-19(15)25/h2-9,12H,10-11,13-14H2,1H3,(H,27,30). The van der Waals surface area contributed by atoms with Crippen molar-refractivity contribution >= 4 is 40.9 Å². The second-order valence-corrected chi connectivity index (χ2v) is 8.72. The number of benzene rings is 2. The van der Waals surface area contributed by atoms with Gasteiger partial charge < -0.3 is 14.6 Å². The van der Waals surface area contributed by atoms with Crippen LogP contribution in [0.5, 0.6) is 0 Å². The molecule has 1 N–H and O–H groups in total. The van der Waals surface area contributed by atoms with Gasteiger partial charge in [0, 0.05) is 25.0 Å². The Morgan fingerprint density at radius 2 is 2.03 bits per heavy atom. The van der Waals surface area contributed by atoms with Crippen LogP contribution in [-0.4, -0.2) is 42.8 Å². The van der Waals surface area contributed by atoms with Crippen molar-refractivity contribution in [2.24, 2.45) is 4.99 Å². The fourth-order valence-electron chi connectivity index (χ4n) is 3.89. The van der Waals surface area contributed by atoms with Gasteiger partial charge in [-0.05, 0) is 42.0 Å². The number of furan rings is 1. The number of guanidine groups is 1. The lowest BCUT2D eigenvalue weighted by Gasteiger charge is -2.33. The molecule has 33 heavy (non-hydrogen) atoms. The number of nitrogens with one attached hydrogen (secondary N) is 1. The number of anilines is 2. The molecule has 0 saturated heterocycles. The number of thioether (sulfide) groups is 1. The molecule has 7 nitrogen and oxygen atoms in total. The van der Waals surface area contributed by atoms with Gasteiger partial charge in [0.05, 0.1) is 23.5 Å². The Kier molecular flexibility index (Phi) is 5.63. The first-order chi connectivity index (χ1) is 16.0. The second kappa shape index (κ2) is 8.74. The van der Waals surface area contributed by atoms with Crippen LogP contribution in [0.4, 0.5) is 15.8 Å². The van der Waals surface area contributed by atoms with E-state index in [2.05, 4.69) is 10.3 Å². The van der Waals surface area contributed by atoms with Gasteiger partial charge in [-0.1, -0.05) is 18.2 Å². The first-order valence-electron chi connectivity index (χ1n) is 10.5. The van der Waals surface area contributed by atoms with Gasteiger partial charge >= 0.3 is 0 Å². The number of hydrogen-bond acceptors (Lipinski definition) is 6. The Morgan fingerprint density at radius 3 is 2.88 bits per heavy atom. The van der Waals surface area contributed by atoms with Crippen LogP contribution in [0.1, 0.15) is 32.2 Å². The molecule has 0 radical (unpaired) electrons. The molecular formula is C24H21FN4O3S. The Bertz CT molecular complexity index is 1270. The van der Waals surface area contributed by atoms with Crippen molar-refractivity contribution in [2.45, 2.75) is 11.5 Å². The molecule has 3 aromatic rings. The van der Waals surface area contributed by atoms with Crippen molar-refractivity contribution < 1.29 is 18.4 Å². The summed E-state index contributed by atoms with van der Waals surface area (Å²) < 4.78 is 19.4. The van der Waals surface area contributed by atoms with E-state index in [1.807, 2.05) is 11.0 Å². The summed E-state index contributed by atoms with van der Waals surface area (Å²) in [6.45, 7) is 1.36. The van der Waals surface area contributed by atoms with Crippen molar-refractivity contribution in [3.05, 3.63) is 83.1 Å². The summed E-state index contributed by atoms with van der Waals surface area (Å²) in [5, 5.41) is 2.80. The van der Waals surface area contributed by atoms with Crippen LogP contribution in [0, 0.1) is 5.82 Å². The average molecular weight is 465 g/mol. The van der Waals surface area contributed by atoms with Crippen LogP contribution < -0.4 is 10.2 Å². The van der Waals surface area contributed by atoms with E-state index in [-0.39, 0.29) is 17.5 Å². The monoisotopic (exact) mass is 464 g/mol. The number of fused-ring (bicyclic) bond motifs is 3. The quantitative estimate of drug-likeness (QED) is 0.586. The Hall–Kier alpha value is -3.59. The maximum Gasteiger partial charge on any atom is 0.291 e. The largest absolute Gasteiger partial charge is 0.455 e. The number of rotatable bonds is 6. The molecule has 168 valence electrons. The summed E-state index contributed by atoms with van der Waals surface area (Å²) in [4.78, 5) is 33.3. The Balaban J connectivity index is 1.24. The van der Waals surface area contributed by atoms with Crippen LogP contribution in [0.2, 0.25) is 0 Å². The molecule has 0 unspecified atom stereocenters. The summed E-state index contributed by atoms with van der Waals surface area (Å²) in [6, 6.07) is 15.3. The number of hydrogen-bond donors (Lipinski definition) is 1. The van der Waals surface area contributed by atoms with Crippen LogP contribution in [0.25, 0.3) is 0 Å². The molecule has 9 heteroatoms. The zero-order valence-electron chi connectivity index (χ0n) is 17.9. The molecule has 2 aliphatic heterocycles. The van der Waals surface area contributed by atoms with E-state index in [1.54, 1.807) is 49.5 Å². The molecule has 2 aliphatic rings. The van der Waals surface area contributed by atoms with Gasteiger partial charge in [0.1, 0.15) is 11.6 Å². The summed E-state index contributed by atoms with van der Waals surface area (Å²) >= 11 is 1.50. The number of carbonyl (C=O) groups excluding carboxylic acids is 2. The zero-order valence-corrected chi connectivity index (χ0v) is 18.7. The van der Waals surface area contributed by atoms with Crippen molar-refractivity contribution in [2.75, 3.05) is 30.4 Å². The fourth-order valence-corrected chi connectivity index (χ4v) is 4.80. The number of nitrogens with zero attached hydrogens (tertiary/aromatic N) is 3. The van der Waals surface area contributed by atoms with Crippen molar-refractivity contribution in [3.63, 3.8) is 0 Å². The number of halogens is 1. The molecule has 5 rings (SSSR count). The van der Waals surface area contributed by atoms with E-state index in [1.165, 1.54) is 22.7 Å². The van der Waals surface area contributed by atoms with E-state index in [0.717, 1.165) is 12.2 Å². The highest BCUT2D eigenvalue weighted by Crippen LogP contribution is 2.32. The predicted octanol–water partition coefficient (Wildman–Crippen LogP) is 4.37. The van der Waals surface area contributed by atoms with E-state index in [4.69, 9.17) is 4.42 Å². The maximum absolute atomic E-state index is 13.7. The zero-order chi connectivity index (χ0) is 22.9. The smallest absolute Gasteiger partial charge is 0.291 e. The molecule has 0 spiro atoms. The van der Waals surface area contributed by atoms with E-state index in [9.17, 15) is 14.0 Å². The molecule has 0 bridgehead atoms. The number of carbonyl (C=O) groups is 2. The minimum absolute atomic E-state index is 0.162. The summed E-state index contributed by atoms with van der Waals surface area (Å²) in [5.74, 6) is 1.69. The first-order valence-corrected chi connectivity index (χ1v) is 11.6. The van der Waals surface area contributed by atoms with E-state index < -0.39 is 5.91 Å². The molecule has 3 heterocycles. The molecule has 0 atom stereocenters. The minimum Gasteiger partial charge on any atom is -0.455 e. The second-order valence-electron chi connectivity index (χ2n) is 7.73. The normalized spacial score (nSPS) is 14.7. The average Bonchev–Trinajstić information content (AvgIpc) is 3.49. The number of aliphatic imine (C=N–C) groups is 1. The molecule has 2 aromatic carbocycles. The van der Waals surface area contributed by atoms with Crippen molar-refractivity contribution in [1.82, 2.24) is 4.90 Å². The molecule has 0 fully saturated rings. The SMILES string of the molecule is CN1C(=O)c2cc(NC(=O)c3ccc(CSCc4ccccc4F)o3)ccc2N2CCN=C12. The third-order valence-electron chi connectivity index (χ3n) is 5.54. The highest BCUT2D eigenvalue weighted by atomic mass is 32.2. The van der Waals surface area contributed by atoms with Gasteiger partial charge in [0.2, 0.25) is 5.96 Å². The van der Waals surface area contributed by atoms with Gasteiger partial charge in [0.15, 0.2) is 5.76 Å². The molecule has 0 saturated carbocycles. The third kappa shape index (κ3) is 4.11. The summed E-state index contributed by atoms with van der Waals surface area (Å²) in [5.41, 5.74) is 2.44. The maximum atomic E-state index is 13.7. The van der Waals surface area contributed by atoms with E-state index in [0.29, 0.717) is 46.6 Å². The molecular weight excluding hydrogens is 443 g/mol. The summed E-state index contributed by atoms with van der Waals surface area (Å²) in [6.07, 6.45) is 0. The van der Waals surface area contributed by atoms with E-state index >= 15 is 0 Å². The van der Waals surface area contributed by atoms with Crippen LogP contribution in [-0.2, 0) is 11.5 Å². The topological polar surface area (TPSA) is 78.2 Å². The predicted molar refractivity (Wildman–Crippen MR) is 126 cm³/mol. The van der Waals surface area contributed by atoms with Gasteiger partial charge in [0.25, 0.3) is 11.8 Å². The van der Waals surface area contributed by atoms with Crippen molar-refractivity contribution in [3.8, 4) is 0 Å². The molecule has 0 aliphatic carbocycles. The van der Waals surface area contributed by atoms with Gasteiger partial charge in [-0.3, -0.25) is 19.5 Å². The van der Waals surface area contributed by atoms with Crippen LogP contribution >= 0.6 is 11.8 Å². The lowest BCUT2D eigenvalue weighted by Crippen LogP contribution is -2.48. The Labute approximate surface area is 194 Å². The van der Waals surface area contributed by atoms with Crippen LogP contribution in [0.15, 0.2) is 64.0 Å². The highest BCUT2D eigenvalue weighted by molar-refractivity contribution is 7.97. The summed E-state index contributed by atoms with van der Waals surface area (Å²) in [7, 11) is 1.70. The lowest BCUT2D eigenvalue weighted by molar-refractivity contribution is 0.0865. The van der Waals surface area contributed by atoms with Gasteiger partial charge in [-0.15, -0.1) is 11.8 Å². The highest BCUT2D eigenvalue weighted by Gasteiger charge is 2.35. The fraction of sp³-hybridized carbons (Fsp3) is 0.208. The van der Waals surface area contributed by atoms with Crippen molar-refractivity contribution in [1.29, 1.82) is 0 Å². The first kappa shape index (κ1) is 21.3. The van der Waals surface area contributed by atoms with Crippen LogP contribution in [0.3, 0.4) is 0 Å². The minimum atomic E-state index is -0.402. The third-order valence-corrected chi connectivity index (χ3v) is 6.55. The van der Waals surface area contributed by atoms with Gasteiger partial charge in [-0.25, -0.2) is 4.39 Å². The number of amides is 2. The Morgan fingerprint density at radius 1 is 1.18 bits per heavy atom. The lowest BCUT2D eigenvalue weighted by atomic mass is 10.1. The molecule has 2 amide bonds. The molecule has 1 aromatic heterocycles. The van der Waals surface area contributed by atoms with Gasteiger partial charge in [-0.2, -0.15) is 0 Å².